The van der Waals surface area contributed by atoms with Crippen molar-refractivity contribution < 1.29 is 0 Å². The molecule has 1 aliphatic carbocycles. The number of hydrogen-bond donors (Lipinski definition) is 2. The standard InChI is InChI=1S/C11H18N4S/c12-15-11(10-7-13-5-6-14-10)8-16-9-3-1-2-4-9/h5-7,9,11,15H,1-4,8,12H2. The molecule has 88 valence electrons. The Balaban J connectivity index is 1.85. The fourth-order valence-corrected chi connectivity index (χ4v) is 3.40. The highest BCUT2D eigenvalue weighted by molar-refractivity contribution is 7.99. The zero-order chi connectivity index (χ0) is 11.2. The maximum atomic E-state index is 5.56. The number of thioether (sulfide) groups is 1. The van der Waals surface area contributed by atoms with Crippen LogP contribution in [0.25, 0.3) is 0 Å². The van der Waals surface area contributed by atoms with Crippen LogP contribution < -0.4 is 11.3 Å². The molecule has 0 aliphatic heterocycles. The van der Waals surface area contributed by atoms with E-state index in [1.54, 1.807) is 18.6 Å². The molecule has 0 amide bonds. The predicted octanol–water partition coefficient (Wildman–Crippen LogP) is 1.66. The number of hydrazine groups is 1. The summed E-state index contributed by atoms with van der Waals surface area (Å²) < 4.78 is 0. The van der Waals surface area contributed by atoms with Crippen LogP contribution in [0.15, 0.2) is 18.6 Å². The molecule has 0 bridgehead atoms. The summed E-state index contributed by atoms with van der Waals surface area (Å²) in [5.41, 5.74) is 3.75. The summed E-state index contributed by atoms with van der Waals surface area (Å²) in [5, 5.41) is 0.813. The smallest absolute Gasteiger partial charge is 0.0777 e. The first kappa shape index (κ1) is 11.8. The Bertz CT molecular complexity index is 300. The second kappa shape index (κ2) is 6.18. The second-order valence-corrected chi connectivity index (χ2v) is 5.42. The molecule has 2 rings (SSSR count). The van der Waals surface area contributed by atoms with E-state index in [9.17, 15) is 0 Å². The summed E-state index contributed by atoms with van der Waals surface area (Å²) >= 11 is 2.00. The van der Waals surface area contributed by atoms with Gasteiger partial charge in [0.05, 0.1) is 17.9 Å². The first-order valence-corrected chi connectivity index (χ1v) is 6.78. The predicted molar refractivity (Wildman–Crippen MR) is 66.8 cm³/mol. The summed E-state index contributed by atoms with van der Waals surface area (Å²) in [4.78, 5) is 8.34. The van der Waals surface area contributed by atoms with Crippen LogP contribution in [0.4, 0.5) is 0 Å². The van der Waals surface area contributed by atoms with Crippen molar-refractivity contribution >= 4 is 11.8 Å². The fourth-order valence-electron chi connectivity index (χ4n) is 2.00. The molecule has 1 atom stereocenters. The lowest BCUT2D eigenvalue weighted by Gasteiger charge is -2.16. The molecular formula is C11H18N4S. The van der Waals surface area contributed by atoms with Gasteiger partial charge in [0.25, 0.3) is 0 Å². The average Bonchev–Trinajstić information content (AvgIpc) is 2.84. The molecule has 1 saturated carbocycles. The summed E-state index contributed by atoms with van der Waals surface area (Å²) in [7, 11) is 0. The Hall–Kier alpha value is -0.650. The van der Waals surface area contributed by atoms with Crippen LogP contribution in [0.5, 0.6) is 0 Å². The van der Waals surface area contributed by atoms with E-state index in [0.29, 0.717) is 0 Å². The molecule has 0 aromatic carbocycles. The Kier molecular flexibility index (Phi) is 4.56. The molecular weight excluding hydrogens is 220 g/mol. The van der Waals surface area contributed by atoms with Crippen molar-refractivity contribution in [2.24, 2.45) is 5.84 Å². The number of nitrogens with one attached hydrogen (secondary N) is 1. The van der Waals surface area contributed by atoms with Crippen molar-refractivity contribution in [3.05, 3.63) is 24.3 Å². The maximum absolute atomic E-state index is 5.56. The number of rotatable bonds is 5. The van der Waals surface area contributed by atoms with Gasteiger partial charge in [-0.3, -0.25) is 21.2 Å². The van der Waals surface area contributed by atoms with Gasteiger partial charge in [-0.05, 0) is 12.8 Å². The van der Waals surface area contributed by atoms with E-state index in [0.717, 1.165) is 16.7 Å². The number of nitrogens with two attached hydrogens (primary N) is 1. The third kappa shape index (κ3) is 3.17. The van der Waals surface area contributed by atoms with Crippen molar-refractivity contribution in [1.82, 2.24) is 15.4 Å². The first-order valence-electron chi connectivity index (χ1n) is 5.74. The fraction of sp³-hybridized carbons (Fsp3) is 0.636. The summed E-state index contributed by atoms with van der Waals surface area (Å²) in [5.74, 6) is 6.53. The number of hydrogen-bond acceptors (Lipinski definition) is 5. The van der Waals surface area contributed by atoms with Crippen LogP contribution in [0.1, 0.15) is 37.4 Å². The van der Waals surface area contributed by atoms with Gasteiger partial charge in [-0.25, -0.2) is 0 Å². The van der Waals surface area contributed by atoms with Crippen LogP contribution in [0.2, 0.25) is 0 Å². The Morgan fingerprint density at radius 2 is 2.25 bits per heavy atom. The molecule has 1 aromatic heterocycles. The zero-order valence-corrected chi connectivity index (χ0v) is 10.1. The molecule has 0 saturated heterocycles. The van der Waals surface area contributed by atoms with Gasteiger partial charge in [0.2, 0.25) is 0 Å². The lowest BCUT2D eigenvalue weighted by Crippen LogP contribution is -2.30. The largest absolute Gasteiger partial charge is 0.271 e. The average molecular weight is 238 g/mol. The minimum atomic E-state index is 0.110. The number of aromatic nitrogens is 2. The van der Waals surface area contributed by atoms with Crippen LogP contribution in [-0.4, -0.2) is 21.0 Å². The van der Waals surface area contributed by atoms with Gasteiger partial charge in [-0.15, -0.1) is 0 Å². The van der Waals surface area contributed by atoms with Crippen molar-refractivity contribution in [1.29, 1.82) is 0 Å². The van der Waals surface area contributed by atoms with Gasteiger partial charge in [0, 0.05) is 23.4 Å². The molecule has 1 aromatic rings. The lowest BCUT2D eigenvalue weighted by molar-refractivity contribution is 0.591. The molecule has 3 N–H and O–H groups in total. The van der Waals surface area contributed by atoms with Gasteiger partial charge >= 0.3 is 0 Å². The normalized spacial score (nSPS) is 18.8. The topological polar surface area (TPSA) is 63.8 Å². The first-order chi connectivity index (χ1) is 7.90. The van der Waals surface area contributed by atoms with E-state index in [1.807, 2.05) is 11.8 Å². The molecule has 1 heterocycles. The lowest BCUT2D eigenvalue weighted by atomic mass is 10.2. The molecule has 16 heavy (non-hydrogen) atoms. The van der Waals surface area contributed by atoms with Gasteiger partial charge in [0.1, 0.15) is 0 Å². The third-order valence-corrected chi connectivity index (χ3v) is 4.41. The van der Waals surface area contributed by atoms with Crippen molar-refractivity contribution in [2.75, 3.05) is 5.75 Å². The summed E-state index contributed by atoms with van der Waals surface area (Å²) in [6, 6.07) is 0.110. The van der Waals surface area contributed by atoms with Crippen LogP contribution in [0.3, 0.4) is 0 Å². The van der Waals surface area contributed by atoms with Crippen molar-refractivity contribution in [3.63, 3.8) is 0 Å². The SMILES string of the molecule is NNC(CSC1CCCC1)c1cnccn1. The van der Waals surface area contributed by atoms with E-state index < -0.39 is 0 Å². The van der Waals surface area contributed by atoms with Crippen LogP contribution >= 0.6 is 11.8 Å². The van der Waals surface area contributed by atoms with E-state index in [-0.39, 0.29) is 6.04 Å². The third-order valence-electron chi connectivity index (χ3n) is 2.94. The van der Waals surface area contributed by atoms with E-state index in [4.69, 9.17) is 5.84 Å². The minimum Gasteiger partial charge on any atom is -0.271 e. The molecule has 0 radical (unpaired) electrons. The van der Waals surface area contributed by atoms with Gasteiger partial charge < -0.3 is 0 Å². The molecule has 1 fully saturated rings. The second-order valence-electron chi connectivity index (χ2n) is 4.09. The molecule has 5 heteroatoms. The highest BCUT2D eigenvalue weighted by Gasteiger charge is 2.18. The van der Waals surface area contributed by atoms with Gasteiger partial charge in [-0.1, -0.05) is 12.8 Å². The van der Waals surface area contributed by atoms with Crippen molar-refractivity contribution in [2.45, 2.75) is 37.0 Å². The maximum Gasteiger partial charge on any atom is 0.0777 e. The summed E-state index contributed by atoms with van der Waals surface area (Å²) in [6.07, 6.45) is 10.6. The quantitative estimate of drug-likeness (QED) is 0.603. The van der Waals surface area contributed by atoms with E-state index in [2.05, 4.69) is 15.4 Å². The van der Waals surface area contributed by atoms with Crippen LogP contribution in [-0.2, 0) is 0 Å². The molecule has 0 spiro atoms. The Morgan fingerprint density at radius 1 is 1.44 bits per heavy atom. The van der Waals surface area contributed by atoms with Gasteiger partial charge in [0.15, 0.2) is 0 Å². The highest BCUT2D eigenvalue weighted by atomic mass is 32.2. The molecule has 4 nitrogen and oxygen atoms in total. The van der Waals surface area contributed by atoms with E-state index in [1.165, 1.54) is 25.7 Å². The van der Waals surface area contributed by atoms with Crippen molar-refractivity contribution in [3.8, 4) is 0 Å². The monoisotopic (exact) mass is 238 g/mol. The Labute approximate surface area is 100 Å². The minimum absolute atomic E-state index is 0.110. The zero-order valence-electron chi connectivity index (χ0n) is 9.30. The highest BCUT2D eigenvalue weighted by Crippen LogP contribution is 2.31. The number of nitrogens with zero attached hydrogens (tertiary/aromatic N) is 2. The Morgan fingerprint density at radius 3 is 2.88 bits per heavy atom. The summed E-state index contributed by atoms with van der Waals surface area (Å²) in [6.45, 7) is 0. The molecule has 1 aliphatic rings. The van der Waals surface area contributed by atoms with Gasteiger partial charge in [-0.2, -0.15) is 11.8 Å². The molecule has 1 unspecified atom stereocenters. The van der Waals surface area contributed by atoms with E-state index >= 15 is 0 Å². The van der Waals surface area contributed by atoms with Crippen LogP contribution in [0, 0.1) is 0 Å².